The van der Waals surface area contributed by atoms with E-state index < -0.39 is 6.04 Å². The molecule has 3 heterocycles. The Morgan fingerprint density at radius 2 is 1.85 bits per heavy atom. The normalized spacial score (nSPS) is 12.0. The van der Waals surface area contributed by atoms with E-state index in [1.54, 1.807) is 24.5 Å². The zero-order chi connectivity index (χ0) is 17.9. The molecule has 6 heteroatoms. The molecule has 0 aliphatic rings. The van der Waals surface area contributed by atoms with Crippen molar-refractivity contribution in [3.05, 3.63) is 89.5 Å². The van der Waals surface area contributed by atoms with Crippen LogP contribution in [-0.4, -0.2) is 15.1 Å². The lowest BCUT2D eigenvalue weighted by Gasteiger charge is -2.17. The third kappa shape index (κ3) is 3.05. The highest BCUT2D eigenvalue weighted by molar-refractivity contribution is 6.35. The summed E-state index contributed by atoms with van der Waals surface area (Å²) in [7, 11) is 0. The van der Waals surface area contributed by atoms with Gasteiger partial charge in [-0.25, -0.2) is 4.98 Å². The number of fused-ring (bicyclic) bond motifs is 1. The number of pyridine rings is 3. The van der Waals surface area contributed by atoms with E-state index in [1.165, 1.54) is 0 Å². The predicted octanol–water partition coefficient (Wildman–Crippen LogP) is 4.00. The fraction of sp³-hybridized carbons (Fsp3) is 0.0500. The van der Waals surface area contributed by atoms with Crippen molar-refractivity contribution in [1.82, 2.24) is 9.97 Å². The number of H-pyrrole nitrogens is 1. The van der Waals surface area contributed by atoms with Crippen LogP contribution in [0.5, 0.6) is 5.75 Å². The Kier molecular flexibility index (Phi) is 4.37. The number of phenolic OH excluding ortho intramolecular Hbond substituents is 1. The molecule has 0 aliphatic heterocycles. The molecule has 4 rings (SSSR count). The molecule has 0 aliphatic carbocycles. The van der Waals surface area contributed by atoms with Crippen LogP contribution in [0.3, 0.4) is 0 Å². The summed E-state index contributed by atoms with van der Waals surface area (Å²) >= 11 is 6.46. The van der Waals surface area contributed by atoms with Gasteiger partial charge in [0.15, 0.2) is 6.04 Å². The molecule has 0 unspecified atom stereocenters. The summed E-state index contributed by atoms with van der Waals surface area (Å²) in [5, 5.41) is 15.5. The quantitative estimate of drug-likeness (QED) is 0.574. The van der Waals surface area contributed by atoms with Crippen molar-refractivity contribution in [2.24, 2.45) is 0 Å². The number of benzene rings is 1. The van der Waals surface area contributed by atoms with Crippen LogP contribution in [0.15, 0.2) is 73.2 Å². The maximum absolute atomic E-state index is 10.9. The van der Waals surface area contributed by atoms with Crippen molar-refractivity contribution < 1.29 is 10.1 Å². The highest BCUT2D eigenvalue weighted by Crippen LogP contribution is 2.38. The van der Waals surface area contributed by atoms with Gasteiger partial charge in [0, 0.05) is 29.4 Å². The minimum absolute atomic E-state index is 0.0871. The first-order valence-corrected chi connectivity index (χ1v) is 8.52. The molecule has 0 fully saturated rings. The molecule has 0 amide bonds. The summed E-state index contributed by atoms with van der Waals surface area (Å²) in [6.45, 7) is 0. The average molecular weight is 364 g/mol. The molecule has 0 radical (unpaired) electrons. The number of aromatic hydroxyl groups is 1. The first kappa shape index (κ1) is 16.3. The van der Waals surface area contributed by atoms with E-state index in [4.69, 9.17) is 11.6 Å². The fourth-order valence-corrected chi connectivity index (χ4v) is 3.19. The maximum atomic E-state index is 10.9. The molecule has 3 N–H and O–H groups in total. The van der Waals surface area contributed by atoms with Gasteiger partial charge in [-0.05, 0) is 36.4 Å². The second-order valence-electron chi connectivity index (χ2n) is 5.80. The van der Waals surface area contributed by atoms with Gasteiger partial charge in [-0.15, -0.1) is 0 Å². The van der Waals surface area contributed by atoms with Crippen molar-refractivity contribution >= 4 is 28.3 Å². The van der Waals surface area contributed by atoms with Gasteiger partial charge < -0.3 is 5.11 Å². The number of anilines is 1. The van der Waals surface area contributed by atoms with Crippen molar-refractivity contribution in [3.8, 4) is 5.75 Å². The van der Waals surface area contributed by atoms with E-state index in [2.05, 4.69) is 20.3 Å². The predicted molar refractivity (Wildman–Crippen MR) is 101 cm³/mol. The van der Waals surface area contributed by atoms with Crippen molar-refractivity contribution in [2.75, 3.05) is 5.32 Å². The first-order valence-electron chi connectivity index (χ1n) is 8.14. The Morgan fingerprint density at radius 1 is 1.00 bits per heavy atom. The number of nitrogens with zero attached hydrogens (tertiary/aromatic N) is 2. The Morgan fingerprint density at radius 3 is 2.62 bits per heavy atom. The zero-order valence-corrected chi connectivity index (χ0v) is 14.5. The Bertz CT molecular complexity index is 1040. The third-order valence-corrected chi connectivity index (χ3v) is 4.46. The highest BCUT2D eigenvalue weighted by Gasteiger charge is 2.26. The minimum atomic E-state index is -0.404. The smallest absolute Gasteiger partial charge is 0.272 e. The Hall–Kier alpha value is -3.18. The van der Waals surface area contributed by atoms with E-state index in [9.17, 15) is 5.11 Å². The van der Waals surface area contributed by atoms with Gasteiger partial charge in [0.2, 0.25) is 0 Å². The number of aromatic amines is 1. The number of hydrogen-bond donors (Lipinski definition) is 2. The summed E-state index contributed by atoms with van der Waals surface area (Å²) in [6.07, 6.45) is 5.18. The standard InChI is InChI=1S/C20H15ClN4O/c21-15-12-14(20(26)19-13(15)6-5-11-24-19)18(16-7-1-3-9-22-16)25-17-8-2-4-10-23-17/h1-12,18,26H,(H,23,25)/p+1/t18-/m1/s1. The van der Waals surface area contributed by atoms with Crippen LogP contribution < -0.4 is 10.3 Å². The molecule has 3 aromatic heterocycles. The molecular formula is C20H16ClN4O+. The van der Waals surface area contributed by atoms with Crippen molar-refractivity contribution in [2.45, 2.75) is 6.04 Å². The summed E-state index contributed by atoms with van der Waals surface area (Å²) in [5.41, 5.74) is 1.83. The SMILES string of the molecule is Oc1c([C@@H](Nc2cccc[nH+]2)c2ccccn2)cc(Cl)c2cccnc12. The molecule has 4 aromatic rings. The van der Waals surface area contributed by atoms with Crippen molar-refractivity contribution in [1.29, 1.82) is 0 Å². The molecule has 0 spiro atoms. The zero-order valence-electron chi connectivity index (χ0n) is 13.7. The summed E-state index contributed by atoms with van der Waals surface area (Å²) < 4.78 is 0. The Labute approximate surface area is 155 Å². The lowest BCUT2D eigenvalue weighted by Crippen LogP contribution is -2.19. The van der Waals surface area contributed by atoms with Gasteiger partial charge in [0.25, 0.3) is 5.82 Å². The number of phenols is 1. The number of nitrogens with one attached hydrogen (secondary N) is 2. The van der Waals surface area contributed by atoms with E-state index in [0.29, 0.717) is 21.5 Å². The van der Waals surface area contributed by atoms with Gasteiger partial charge in [-0.3, -0.25) is 15.3 Å². The number of aromatic nitrogens is 3. The number of rotatable bonds is 4. The number of halogens is 1. The van der Waals surface area contributed by atoms with Crippen LogP contribution in [0.1, 0.15) is 17.3 Å². The summed E-state index contributed by atoms with van der Waals surface area (Å²) in [6, 6.07) is 16.4. The van der Waals surface area contributed by atoms with Crippen LogP contribution in [0.2, 0.25) is 5.02 Å². The maximum Gasteiger partial charge on any atom is 0.272 e. The van der Waals surface area contributed by atoms with Gasteiger partial charge in [-0.2, -0.15) is 0 Å². The second-order valence-corrected chi connectivity index (χ2v) is 6.21. The molecule has 128 valence electrons. The average Bonchev–Trinajstić information content (AvgIpc) is 2.71. The van der Waals surface area contributed by atoms with Crippen LogP contribution in [-0.2, 0) is 0 Å². The molecule has 0 saturated carbocycles. The second kappa shape index (κ2) is 6.98. The first-order chi connectivity index (χ1) is 12.7. The van der Waals surface area contributed by atoms with Crippen LogP contribution in [0.4, 0.5) is 5.82 Å². The van der Waals surface area contributed by atoms with Crippen LogP contribution >= 0.6 is 11.6 Å². The summed E-state index contributed by atoms with van der Waals surface area (Å²) in [4.78, 5) is 11.9. The van der Waals surface area contributed by atoms with Crippen LogP contribution in [0.25, 0.3) is 10.9 Å². The lowest BCUT2D eigenvalue weighted by molar-refractivity contribution is -0.361. The molecule has 5 nitrogen and oxygen atoms in total. The van der Waals surface area contributed by atoms with Gasteiger partial charge >= 0.3 is 0 Å². The molecule has 1 atom stereocenters. The molecule has 0 saturated heterocycles. The largest absolute Gasteiger partial charge is 0.505 e. The lowest BCUT2D eigenvalue weighted by atomic mass is 9.99. The topological polar surface area (TPSA) is 72.2 Å². The van der Waals surface area contributed by atoms with E-state index >= 15 is 0 Å². The molecule has 0 bridgehead atoms. The monoisotopic (exact) mass is 363 g/mol. The van der Waals surface area contributed by atoms with E-state index in [-0.39, 0.29) is 5.75 Å². The molecule has 26 heavy (non-hydrogen) atoms. The van der Waals surface area contributed by atoms with Crippen LogP contribution in [0, 0.1) is 0 Å². The van der Waals surface area contributed by atoms with E-state index in [0.717, 1.165) is 11.5 Å². The molecular weight excluding hydrogens is 348 g/mol. The van der Waals surface area contributed by atoms with Crippen molar-refractivity contribution in [3.63, 3.8) is 0 Å². The minimum Gasteiger partial charge on any atom is -0.505 e. The number of hydrogen-bond acceptors (Lipinski definition) is 4. The fourth-order valence-electron chi connectivity index (χ4n) is 2.92. The highest BCUT2D eigenvalue weighted by atomic mass is 35.5. The van der Waals surface area contributed by atoms with Gasteiger partial charge in [0.1, 0.15) is 11.3 Å². The summed E-state index contributed by atoms with van der Waals surface area (Å²) in [5.74, 6) is 0.879. The van der Waals surface area contributed by atoms with Gasteiger partial charge in [-0.1, -0.05) is 23.7 Å². The van der Waals surface area contributed by atoms with E-state index in [1.807, 2.05) is 48.7 Å². The Balaban J connectivity index is 1.89. The van der Waals surface area contributed by atoms with Gasteiger partial charge in [0.05, 0.1) is 16.9 Å². The third-order valence-electron chi connectivity index (χ3n) is 4.15. The molecule has 1 aromatic carbocycles.